The standard InChI is InChI=1S/C21H22BrN3O3/c22-16-10-8-15(9-11-16)20(27)23-14-19(26)24-18-7-3-2-6-17(18)21(28)25-12-4-1-5-13-25/h2-3,6-11H,1,4-5,12-14H2,(H,23,27)(H,24,26). The second-order valence-corrected chi connectivity index (χ2v) is 7.55. The zero-order valence-corrected chi connectivity index (χ0v) is 17.0. The highest BCUT2D eigenvalue weighted by Crippen LogP contribution is 2.20. The zero-order chi connectivity index (χ0) is 19.9. The van der Waals surface area contributed by atoms with Gasteiger partial charge in [-0.3, -0.25) is 14.4 Å². The lowest BCUT2D eigenvalue weighted by Gasteiger charge is -2.27. The van der Waals surface area contributed by atoms with Crippen molar-refractivity contribution in [1.29, 1.82) is 0 Å². The first kappa shape index (κ1) is 20.1. The van der Waals surface area contributed by atoms with Crippen molar-refractivity contribution in [2.24, 2.45) is 0 Å². The lowest BCUT2D eigenvalue weighted by atomic mass is 10.1. The van der Waals surface area contributed by atoms with Crippen molar-refractivity contribution in [3.05, 3.63) is 64.1 Å². The van der Waals surface area contributed by atoms with Gasteiger partial charge in [-0.05, 0) is 55.7 Å². The Bertz CT molecular complexity index is 861. The molecular formula is C21H22BrN3O3. The molecule has 0 spiro atoms. The normalized spacial score (nSPS) is 13.7. The summed E-state index contributed by atoms with van der Waals surface area (Å²) in [5, 5.41) is 5.33. The number of hydrogen-bond acceptors (Lipinski definition) is 3. The first-order chi connectivity index (χ1) is 13.5. The number of carbonyl (C=O) groups is 3. The molecule has 2 aromatic carbocycles. The quantitative estimate of drug-likeness (QED) is 0.742. The minimum atomic E-state index is -0.385. The van der Waals surface area contributed by atoms with Crippen LogP contribution >= 0.6 is 15.9 Å². The Morgan fingerprint density at radius 1 is 0.929 bits per heavy atom. The van der Waals surface area contributed by atoms with Crippen LogP contribution in [0.15, 0.2) is 53.0 Å². The fourth-order valence-corrected chi connectivity index (χ4v) is 3.37. The van der Waals surface area contributed by atoms with Crippen LogP contribution in [0.2, 0.25) is 0 Å². The van der Waals surface area contributed by atoms with Gasteiger partial charge in [-0.25, -0.2) is 0 Å². The highest BCUT2D eigenvalue weighted by Gasteiger charge is 2.21. The Morgan fingerprint density at radius 3 is 2.32 bits per heavy atom. The number of para-hydroxylation sites is 1. The van der Waals surface area contributed by atoms with Crippen LogP contribution in [-0.2, 0) is 4.79 Å². The van der Waals surface area contributed by atoms with Gasteiger partial charge in [0, 0.05) is 23.1 Å². The van der Waals surface area contributed by atoms with Crippen molar-refractivity contribution >= 4 is 39.3 Å². The molecule has 0 unspecified atom stereocenters. The summed E-state index contributed by atoms with van der Waals surface area (Å²) in [5.41, 5.74) is 1.40. The number of nitrogens with zero attached hydrogens (tertiary/aromatic N) is 1. The molecule has 146 valence electrons. The van der Waals surface area contributed by atoms with Crippen LogP contribution in [0.1, 0.15) is 40.0 Å². The summed E-state index contributed by atoms with van der Waals surface area (Å²) in [4.78, 5) is 39.0. The average molecular weight is 444 g/mol. The Labute approximate surface area is 172 Å². The van der Waals surface area contributed by atoms with E-state index < -0.39 is 0 Å². The molecule has 0 saturated carbocycles. The molecule has 0 radical (unpaired) electrons. The van der Waals surface area contributed by atoms with Crippen LogP contribution in [0, 0.1) is 0 Å². The van der Waals surface area contributed by atoms with E-state index >= 15 is 0 Å². The predicted octanol–water partition coefficient (Wildman–Crippen LogP) is 3.44. The van der Waals surface area contributed by atoms with Gasteiger partial charge in [0.1, 0.15) is 0 Å². The molecule has 1 saturated heterocycles. The summed E-state index contributed by atoms with van der Waals surface area (Å²) in [6.07, 6.45) is 3.14. The largest absolute Gasteiger partial charge is 0.343 e. The molecule has 3 rings (SSSR count). The molecular weight excluding hydrogens is 422 g/mol. The van der Waals surface area contributed by atoms with Crippen LogP contribution in [0.4, 0.5) is 5.69 Å². The Kier molecular flexibility index (Phi) is 6.81. The van der Waals surface area contributed by atoms with E-state index in [-0.39, 0.29) is 24.3 Å². The van der Waals surface area contributed by atoms with E-state index in [4.69, 9.17) is 0 Å². The maximum atomic E-state index is 12.8. The Hall–Kier alpha value is -2.67. The van der Waals surface area contributed by atoms with Crippen molar-refractivity contribution in [2.75, 3.05) is 25.0 Å². The number of amides is 3. The zero-order valence-electron chi connectivity index (χ0n) is 15.4. The van der Waals surface area contributed by atoms with Crippen LogP contribution in [0.25, 0.3) is 0 Å². The lowest BCUT2D eigenvalue weighted by Crippen LogP contribution is -2.37. The van der Waals surface area contributed by atoms with Gasteiger partial charge in [0.15, 0.2) is 0 Å². The van der Waals surface area contributed by atoms with Gasteiger partial charge in [-0.2, -0.15) is 0 Å². The number of benzene rings is 2. The molecule has 28 heavy (non-hydrogen) atoms. The Morgan fingerprint density at radius 2 is 1.61 bits per heavy atom. The number of nitrogens with one attached hydrogen (secondary N) is 2. The SMILES string of the molecule is O=C(CNC(=O)c1ccc(Br)cc1)Nc1ccccc1C(=O)N1CCCCC1. The van der Waals surface area contributed by atoms with Gasteiger partial charge in [0.2, 0.25) is 5.91 Å². The predicted molar refractivity (Wildman–Crippen MR) is 111 cm³/mol. The fourth-order valence-electron chi connectivity index (χ4n) is 3.10. The first-order valence-electron chi connectivity index (χ1n) is 9.26. The molecule has 1 fully saturated rings. The lowest BCUT2D eigenvalue weighted by molar-refractivity contribution is -0.115. The summed E-state index contributed by atoms with van der Waals surface area (Å²) in [7, 11) is 0. The number of hydrogen-bond donors (Lipinski definition) is 2. The fraction of sp³-hybridized carbons (Fsp3) is 0.286. The minimum Gasteiger partial charge on any atom is -0.343 e. The van der Waals surface area contributed by atoms with Gasteiger partial charge in [-0.1, -0.05) is 28.1 Å². The van der Waals surface area contributed by atoms with Crippen LogP contribution in [0.5, 0.6) is 0 Å². The number of anilines is 1. The summed E-state index contributed by atoms with van der Waals surface area (Å²) < 4.78 is 0.872. The van der Waals surface area contributed by atoms with E-state index in [1.165, 1.54) is 0 Å². The van der Waals surface area contributed by atoms with Crippen molar-refractivity contribution in [1.82, 2.24) is 10.2 Å². The third-order valence-corrected chi connectivity index (χ3v) is 5.12. The van der Waals surface area contributed by atoms with Gasteiger partial charge in [0.25, 0.3) is 11.8 Å². The maximum Gasteiger partial charge on any atom is 0.255 e. The highest BCUT2D eigenvalue weighted by molar-refractivity contribution is 9.10. The molecule has 0 atom stereocenters. The van der Waals surface area contributed by atoms with Crippen LogP contribution < -0.4 is 10.6 Å². The van der Waals surface area contributed by atoms with Gasteiger partial charge in [-0.15, -0.1) is 0 Å². The van der Waals surface area contributed by atoms with Gasteiger partial charge >= 0.3 is 0 Å². The van der Waals surface area contributed by atoms with Crippen molar-refractivity contribution < 1.29 is 14.4 Å². The molecule has 7 heteroatoms. The van der Waals surface area contributed by atoms with Gasteiger partial charge < -0.3 is 15.5 Å². The monoisotopic (exact) mass is 443 g/mol. The summed E-state index contributed by atoms with van der Waals surface area (Å²) in [6, 6.07) is 13.8. The maximum absolute atomic E-state index is 12.8. The van der Waals surface area contributed by atoms with E-state index in [9.17, 15) is 14.4 Å². The average Bonchev–Trinajstić information content (AvgIpc) is 2.73. The molecule has 2 N–H and O–H groups in total. The van der Waals surface area contributed by atoms with Crippen molar-refractivity contribution in [2.45, 2.75) is 19.3 Å². The van der Waals surface area contributed by atoms with Crippen molar-refractivity contribution in [3.63, 3.8) is 0 Å². The molecule has 2 aromatic rings. The molecule has 1 aliphatic rings. The third-order valence-electron chi connectivity index (χ3n) is 4.59. The number of piperidine rings is 1. The number of halogens is 1. The molecule has 0 bridgehead atoms. The molecule has 0 aliphatic carbocycles. The second-order valence-electron chi connectivity index (χ2n) is 6.64. The van der Waals surface area contributed by atoms with Crippen LogP contribution in [-0.4, -0.2) is 42.3 Å². The molecule has 1 heterocycles. The highest BCUT2D eigenvalue weighted by atomic mass is 79.9. The van der Waals surface area contributed by atoms with E-state index in [0.717, 1.165) is 36.8 Å². The second kappa shape index (κ2) is 9.50. The smallest absolute Gasteiger partial charge is 0.255 e. The van der Waals surface area contributed by atoms with E-state index in [1.807, 2.05) is 4.90 Å². The first-order valence-corrected chi connectivity index (χ1v) is 10.1. The Balaban J connectivity index is 1.60. The number of carbonyl (C=O) groups excluding carboxylic acids is 3. The van der Waals surface area contributed by atoms with Gasteiger partial charge in [0.05, 0.1) is 17.8 Å². The third kappa shape index (κ3) is 5.19. The van der Waals surface area contributed by atoms with E-state index in [0.29, 0.717) is 16.8 Å². The van der Waals surface area contributed by atoms with E-state index in [1.54, 1.807) is 48.5 Å². The summed E-state index contributed by atoms with van der Waals surface area (Å²) in [6.45, 7) is 1.30. The molecule has 1 aliphatic heterocycles. The van der Waals surface area contributed by atoms with E-state index in [2.05, 4.69) is 26.6 Å². The number of rotatable bonds is 5. The minimum absolute atomic E-state index is 0.0745. The number of likely N-dealkylation sites (tertiary alicyclic amines) is 1. The summed E-state index contributed by atoms with van der Waals surface area (Å²) in [5.74, 6) is -0.792. The molecule has 3 amide bonds. The molecule has 6 nitrogen and oxygen atoms in total. The molecule has 0 aromatic heterocycles. The summed E-state index contributed by atoms with van der Waals surface area (Å²) >= 11 is 3.31. The van der Waals surface area contributed by atoms with Crippen molar-refractivity contribution in [3.8, 4) is 0 Å². The topological polar surface area (TPSA) is 78.5 Å². The van der Waals surface area contributed by atoms with Crippen LogP contribution in [0.3, 0.4) is 0 Å².